The summed E-state index contributed by atoms with van der Waals surface area (Å²) in [6.45, 7) is 9.05. The van der Waals surface area contributed by atoms with Gasteiger partial charge in [-0.15, -0.1) is 11.3 Å². The molecule has 4 aromatic heterocycles. The van der Waals surface area contributed by atoms with Crippen molar-refractivity contribution in [2.75, 3.05) is 37.7 Å². The number of rotatable bonds is 13. The number of aliphatic hydroxyl groups excluding tert-OH is 1. The number of amides is 1. The van der Waals surface area contributed by atoms with Crippen LogP contribution in [0.4, 0.5) is 5.82 Å². The molecule has 1 fully saturated rings. The fraction of sp³-hybridized carbons (Fsp3) is 0.433. The van der Waals surface area contributed by atoms with Crippen LogP contribution in [0.25, 0.3) is 27.5 Å². The maximum Gasteiger partial charge on any atom is 0.242 e. The normalized spacial score (nSPS) is 15.7. The third kappa shape index (κ3) is 6.17. The fourth-order valence-corrected chi connectivity index (χ4v) is 6.01. The summed E-state index contributed by atoms with van der Waals surface area (Å²) in [5.41, 5.74) is 3.37. The number of anilines is 1. The van der Waals surface area contributed by atoms with Gasteiger partial charge in [0.05, 0.1) is 34.6 Å². The van der Waals surface area contributed by atoms with Gasteiger partial charge in [-0.2, -0.15) is 5.10 Å². The summed E-state index contributed by atoms with van der Waals surface area (Å²) in [5, 5.41) is 18.4. The topological polar surface area (TPSA) is 116 Å². The van der Waals surface area contributed by atoms with E-state index in [1.807, 2.05) is 40.7 Å². The Morgan fingerprint density at radius 3 is 2.71 bits per heavy atom. The molecule has 0 aromatic carbocycles. The molecule has 0 aliphatic carbocycles. The summed E-state index contributed by atoms with van der Waals surface area (Å²) in [6.07, 6.45) is 5.45. The van der Waals surface area contributed by atoms with E-state index in [0.29, 0.717) is 48.2 Å². The van der Waals surface area contributed by atoms with Crippen LogP contribution in [0.5, 0.6) is 0 Å². The van der Waals surface area contributed by atoms with Crippen LogP contribution in [0, 0.1) is 0 Å². The molecule has 1 amide bonds. The van der Waals surface area contributed by atoms with Crippen molar-refractivity contribution in [3.05, 3.63) is 53.7 Å². The molecule has 1 aliphatic rings. The number of nitrogens with zero attached hydrogens (tertiary/aromatic N) is 6. The molecule has 0 saturated carbocycles. The molecule has 4 aromatic rings. The van der Waals surface area contributed by atoms with Gasteiger partial charge in [-0.1, -0.05) is 19.9 Å². The largest absolute Gasteiger partial charge is 0.395 e. The van der Waals surface area contributed by atoms with Crippen LogP contribution >= 0.6 is 11.3 Å². The zero-order chi connectivity index (χ0) is 28.9. The maximum atomic E-state index is 13.6. The van der Waals surface area contributed by atoms with Crippen molar-refractivity contribution in [3.8, 4) is 21.8 Å². The lowest BCUT2D eigenvalue weighted by Crippen LogP contribution is -2.57. The average Bonchev–Trinajstić information content (AvgIpc) is 3.65. The first-order valence-corrected chi connectivity index (χ1v) is 15.1. The van der Waals surface area contributed by atoms with Gasteiger partial charge in [0.15, 0.2) is 11.4 Å². The Balaban J connectivity index is 1.51. The van der Waals surface area contributed by atoms with Gasteiger partial charge in [-0.25, -0.2) is 14.5 Å². The van der Waals surface area contributed by atoms with Crippen LogP contribution < -0.4 is 10.2 Å². The van der Waals surface area contributed by atoms with Crippen LogP contribution in [-0.4, -0.2) is 86.1 Å². The van der Waals surface area contributed by atoms with Crippen LogP contribution in [0.15, 0.2) is 48.1 Å². The van der Waals surface area contributed by atoms with Crippen molar-refractivity contribution >= 4 is 34.5 Å². The van der Waals surface area contributed by atoms with E-state index in [2.05, 4.69) is 36.1 Å². The third-order valence-corrected chi connectivity index (χ3v) is 8.70. The van der Waals surface area contributed by atoms with Crippen molar-refractivity contribution in [1.29, 1.82) is 0 Å². The number of ketones is 1. The number of fused-ring (bicyclic) bond motifs is 1. The van der Waals surface area contributed by atoms with E-state index < -0.39 is 6.04 Å². The number of hydrogen-bond acceptors (Lipinski definition) is 9. The molecule has 5 rings (SSSR count). The van der Waals surface area contributed by atoms with Gasteiger partial charge in [-0.3, -0.25) is 9.59 Å². The van der Waals surface area contributed by atoms with Crippen LogP contribution in [0.2, 0.25) is 0 Å². The third-order valence-electron chi connectivity index (χ3n) is 7.80. The molecule has 0 unspecified atom stereocenters. The van der Waals surface area contributed by atoms with E-state index in [0.717, 1.165) is 35.6 Å². The molecule has 0 bridgehead atoms. The minimum atomic E-state index is -0.401. The first kappa shape index (κ1) is 28.8. The predicted molar refractivity (Wildman–Crippen MR) is 161 cm³/mol. The minimum absolute atomic E-state index is 0.0411. The lowest BCUT2D eigenvalue weighted by molar-refractivity contribution is -0.123. The highest BCUT2D eigenvalue weighted by Crippen LogP contribution is 2.32. The van der Waals surface area contributed by atoms with E-state index in [1.54, 1.807) is 28.1 Å². The van der Waals surface area contributed by atoms with Gasteiger partial charge in [0.2, 0.25) is 5.91 Å². The van der Waals surface area contributed by atoms with Gasteiger partial charge in [0.1, 0.15) is 11.9 Å². The number of thiophene rings is 1. The quantitative estimate of drug-likeness (QED) is 0.231. The van der Waals surface area contributed by atoms with Gasteiger partial charge in [0, 0.05) is 37.3 Å². The number of aliphatic hydroxyl groups is 1. The number of aromatic nitrogens is 4. The molecule has 1 saturated heterocycles. The zero-order valence-corrected chi connectivity index (χ0v) is 24.6. The first-order chi connectivity index (χ1) is 19.9. The van der Waals surface area contributed by atoms with E-state index in [-0.39, 0.29) is 24.8 Å². The highest BCUT2D eigenvalue weighted by atomic mass is 32.1. The molecule has 2 atom stereocenters. The number of Topliss-reactive ketones (excluding diaryl/α,β-unsaturated/α-hetero) is 1. The molecule has 11 heteroatoms. The molecular weight excluding hydrogens is 538 g/mol. The highest BCUT2D eigenvalue weighted by molar-refractivity contribution is 7.13. The summed E-state index contributed by atoms with van der Waals surface area (Å²) in [6, 6.07) is 9.47. The molecule has 5 heterocycles. The van der Waals surface area contributed by atoms with Gasteiger partial charge >= 0.3 is 0 Å². The van der Waals surface area contributed by atoms with E-state index in [1.165, 1.54) is 0 Å². The second kappa shape index (κ2) is 12.9. The van der Waals surface area contributed by atoms with Crippen molar-refractivity contribution in [1.82, 2.24) is 29.8 Å². The Kier molecular flexibility index (Phi) is 9.06. The van der Waals surface area contributed by atoms with Crippen molar-refractivity contribution in [2.45, 2.75) is 52.1 Å². The molecule has 41 heavy (non-hydrogen) atoms. The first-order valence-electron chi connectivity index (χ1n) is 14.3. The summed E-state index contributed by atoms with van der Waals surface area (Å²) in [5.74, 6) is 0.461. The van der Waals surface area contributed by atoms with E-state index in [9.17, 15) is 9.59 Å². The van der Waals surface area contributed by atoms with Crippen LogP contribution in [0.1, 0.15) is 50.4 Å². The lowest BCUT2D eigenvalue weighted by atomic mass is 9.99. The van der Waals surface area contributed by atoms with Crippen molar-refractivity contribution < 1.29 is 14.7 Å². The summed E-state index contributed by atoms with van der Waals surface area (Å²) in [4.78, 5) is 41.5. The smallest absolute Gasteiger partial charge is 0.242 e. The monoisotopic (exact) mass is 575 g/mol. The fourth-order valence-electron chi connectivity index (χ4n) is 5.32. The summed E-state index contributed by atoms with van der Waals surface area (Å²) < 4.78 is 1.71. The Hall–Kier alpha value is -3.67. The van der Waals surface area contributed by atoms with Gasteiger partial charge < -0.3 is 20.2 Å². The van der Waals surface area contributed by atoms with Crippen LogP contribution in [0.3, 0.4) is 0 Å². The maximum absolute atomic E-state index is 13.6. The van der Waals surface area contributed by atoms with E-state index >= 15 is 0 Å². The van der Waals surface area contributed by atoms with Gasteiger partial charge in [-0.05, 0) is 62.5 Å². The molecule has 1 aliphatic heterocycles. The molecule has 216 valence electrons. The van der Waals surface area contributed by atoms with Crippen molar-refractivity contribution in [2.24, 2.45) is 0 Å². The Morgan fingerprint density at radius 2 is 2.02 bits per heavy atom. The highest BCUT2D eigenvalue weighted by Gasteiger charge is 2.35. The van der Waals surface area contributed by atoms with Crippen molar-refractivity contribution in [3.63, 3.8) is 0 Å². The predicted octanol–water partition coefficient (Wildman–Crippen LogP) is 3.90. The number of carbonyl (C=O) groups is 2. The van der Waals surface area contributed by atoms with Crippen LogP contribution in [-0.2, 0) is 4.79 Å². The Labute approximate surface area is 244 Å². The number of hydrogen-bond donors (Lipinski definition) is 2. The Bertz CT molecular complexity index is 1500. The number of nitrogens with one attached hydrogen (secondary N) is 1. The SMILES string of the molecule is CCN(CC)[C@@H](C)CCC(=O)c1cc(-c2cnn3ccc(-c4cccs4)nc23)nc(N2CC[C@H]2C(=O)NCCO)c1. The molecule has 2 N–H and O–H groups in total. The summed E-state index contributed by atoms with van der Waals surface area (Å²) >= 11 is 1.62. The zero-order valence-electron chi connectivity index (χ0n) is 23.8. The minimum Gasteiger partial charge on any atom is -0.395 e. The molecule has 10 nitrogen and oxygen atoms in total. The van der Waals surface area contributed by atoms with Gasteiger partial charge in [0.25, 0.3) is 0 Å². The molecular formula is C30H37N7O3S. The van der Waals surface area contributed by atoms with E-state index in [4.69, 9.17) is 15.1 Å². The second-order valence-electron chi connectivity index (χ2n) is 10.3. The Morgan fingerprint density at radius 1 is 1.20 bits per heavy atom. The number of pyridine rings is 1. The summed E-state index contributed by atoms with van der Waals surface area (Å²) in [7, 11) is 0. The standard InChI is InChI=1S/C30H37N7O3S/c1-4-35(5-2)20(3)8-9-26(39)21-17-24(33-28(18-21)36-13-11-25(36)30(40)31-12-15-38)22-19-32-37-14-10-23(34-29(22)37)27-7-6-16-41-27/h6-7,10,14,16-20,25,38H,4-5,8-9,11-13,15H2,1-3H3,(H,31,40)/t20-,25-/m0/s1. The number of carbonyl (C=O) groups excluding carboxylic acids is 2. The molecule has 0 radical (unpaired) electrons. The lowest BCUT2D eigenvalue weighted by Gasteiger charge is -2.41. The molecule has 0 spiro atoms. The second-order valence-corrected chi connectivity index (χ2v) is 11.2. The average molecular weight is 576 g/mol.